The van der Waals surface area contributed by atoms with E-state index in [0.29, 0.717) is 18.4 Å². The topological polar surface area (TPSA) is 56.5 Å². The minimum atomic E-state index is 0.0978. The molecule has 5 atom stereocenters. The molecule has 20 heavy (non-hydrogen) atoms. The highest BCUT2D eigenvalue weighted by Crippen LogP contribution is 2.40. The second-order valence-corrected chi connectivity index (χ2v) is 5.63. The molecule has 3 N–H and O–H groups in total. The van der Waals surface area contributed by atoms with Gasteiger partial charge in [0.25, 0.3) is 0 Å². The van der Waals surface area contributed by atoms with Gasteiger partial charge in [-0.15, -0.1) is 0 Å². The van der Waals surface area contributed by atoms with Crippen LogP contribution in [0.5, 0.6) is 5.75 Å². The van der Waals surface area contributed by atoms with Crippen LogP contribution in [0.25, 0.3) is 0 Å². The van der Waals surface area contributed by atoms with Crippen molar-refractivity contribution in [1.82, 2.24) is 5.43 Å². The summed E-state index contributed by atoms with van der Waals surface area (Å²) in [6.07, 6.45) is 0.473. The fourth-order valence-corrected chi connectivity index (χ4v) is 3.24. The monoisotopic (exact) mass is 278 g/mol. The van der Waals surface area contributed by atoms with Crippen molar-refractivity contribution in [3.8, 4) is 5.75 Å². The fourth-order valence-electron chi connectivity index (χ4n) is 3.24. The molecule has 1 fully saturated rings. The summed E-state index contributed by atoms with van der Waals surface area (Å²) in [6, 6.07) is 8.26. The lowest BCUT2D eigenvalue weighted by Crippen LogP contribution is -2.38. The van der Waals surface area contributed by atoms with Crippen molar-refractivity contribution in [1.29, 1.82) is 0 Å². The molecule has 1 aromatic carbocycles. The smallest absolute Gasteiger partial charge is 0.119 e. The van der Waals surface area contributed by atoms with Gasteiger partial charge in [0, 0.05) is 5.92 Å². The Hall–Kier alpha value is -1.10. The second-order valence-electron chi connectivity index (χ2n) is 5.63. The molecule has 112 valence electrons. The van der Waals surface area contributed by atoms with Crippen molar-refractivity contribution in [3.05, 3.63) is 29.8 Å². The van der Waals surface area contributed by atoms with Crippen molar-refractivity contribution in [2.45, 2.75) is 45.9 Å². The first-order chi connectivity index (χ1) is 9.58. The summed E-state index contributed by atoms with van der Waals surface area (Å²) in [6.45, 7) is 9.16. The maximum atomic E-state index is 5.93. The third-order valence-corrected chi connectivity index (χ3v) is 4.43. The predicted molar refractivity (Wildman–Crippen MR) is 80.3 cm³/mol. The Balaban J connectivity index is 2.19. The van der Waals surface area contributed by atoms with Crippen LogP contribution in [0.1, 0.15) is 39.3 Å². The average molecular weight is 278 g/mol. The predicted octanol–water partition coefficient (Wildman–Crippen LogP) is 2.65. The number of ether oxygens (including phenoxy) is 2. The van der Waals surface area contributed by atoms with Gasteiger partial charge in [-0.05, 0) is 44.4 Å². The number of hydrogen-bond acceptors (Lipinski definition) is 4. The van der Waals surface area contributed by atoms with E-state index in [1.54, 1.807) is 0 Å². The number of benzene rings is 1. The molecule has 0 radical (unpaired) electrons. The molecule has 0 amide bonds. The third-order valence-electron chi connectivity index (χ3n) is 4.43. The first-order valence-electron chi connectivity index (χ1n) is 7.42. The summed E-state index contributed by atoms with van der Waals surface area (Å²) in [5.74, 6) is 7.55. The Bertz CT molecular complexity index is 421. The normalized spacial score (nSPS) is 31.2. The molecule has 1 heterocycles. The van der Waals surface area contributed by atoms with Crippen molar-refractivity contribution >= 4 is 0 Å². The number of rotatable bonds is 5. The fraction of sp³-hybridized carbons (Fsp3) is 0.625. The number of hydrogen-bond donors (Lipinski definition) is 2. The average Bonchev–Trinajstić information content (AvgIpc) is 2.68. The highest BCUT2D eigenvalue weighted by molar-refractivity contribution is 5.30. The number of nitrogens with one attached hydrogen (secondary N) is 1. The Labute approximate surface area is 121 Å². The summed E-state index contributed by atoms with van der Waals surface area (Å²) in [5.41, 5.74) is 4.15. The summed E-state index contributed by atoms with van der Waals surface area (Å²) in [4.78, 5) is 0. The van der Waals surface area contributed by atoms with E-state index in [4.69, 9.17) is 15.3 Å². The van der Waals surface area contributed by atoms with Gasteiger partial charge in [0.2, 0.25) is 0 Å². The van der Waals surface area contributed by atoms with E-state index >= 15 is 0 Å². The third kappa shape index (κ3) is 2.97. The van der Waals surface area contributed by atoms with Gasteiger partial charge in [0.15, 0.2) is 0 Å². The minimum absolute atomic E-state index is 0.0978. The zero-order valence-electron chi connectivity index (χ0n) is 12.8. The van der Waals surface area contributed by atoms with Crippen LogP contribution >= 0.6 is 0 Å². The van der Waals surface area contributed by atoms with E-state index in [0.717, 1.165) is 5.75 Å². The van der Waals surface area contributed by atoms with Crippen LogP contribution in [0, 0.1) is 11.8 Å². The van der Waals surface area contributed by atoms with E-state index in [1.165, 1.54) is 5.56 Å². The molecule has 0 saturated carbocycles. The molecular weight excluding hydrogens is 252 g/mol. The molecule has 5 unspecified atom stereocenters. The maximum absolute atomic E-state index is 5.93. The van der Waals surface area contributed by atoms with Crippen molar-refractivity contribution in [2.24, 2.45) is 17.7 Å². The molecule has 0 aromatic heterocycles. The molecule has 4 heteroatoms. The van der Waals surface area contributed by atoms with Gasteiger partial charge in [-0.3, -0.25) is 11.3 Å². The van der Waals surface area contributed by atoms with Gasteiger partial charge < -0.3 is 9.47 Å². The van der Waals surface area contributed by atoms with Crippen LogP contribution < -0.4 is 16.0 Å². The SMILES string of the molecule is CCOc1ccc(C(NN)C2C(C)OC(C)C2C)cc1. The first kappa shape index (κ1) is 15.3. The van der Waals surface area contributed by atoms with Crippen LogP contribution in [0.15, 0.2) is 24.3 Å². The Morgan fingerprint density at radius 1 is 1.20 bits per heavy atom. The van der Waals surface area contributed by atoms with Gasteiger partial charge in [-0.2, -0.15) is 0 Å². The van der Waals surface area contributed by atoms with Gasteiger partial charge in [0.05, 0.1) is 24.9 Å². The second kappa shape index (κ2) is 6.57. The summed E-state index contributed by atoms with van der Waals surface area (Å²) >= 11 is 0. The van der Waals surface area contributed by atoms with Gasteiger partial charge >= 0.3 is 0 Å². The molecule has 4 nitrogen and oxygen atoms in total. The quantitative estimate of drug-likeness (QED) is 0.642. The van der Waals surface area contributed by atoms with Crippen molar-refractivity contribution in [2.75, 3.05) is 6.61 Å². The molecular formula is C16H26N2O2. The lowest BCUT2D eigenvalue weighted by atomic mass is 9.81. The Morgan fingerprint density at radius 3 is 2.30 bits per heavy atom. The Morgan fingerprint density at radius 2 is 1.85 bits per heavy atom. The lowest BCUT2D eigenvalue weighted by Gasteiger charge is -2.28. The highest BCUT2D eigenvalue weighted by atomic mass is 16.5. The molecule has 0 aliphatic carbocycles. The highest BCUT2D eigenvalue weighted by Gasteiger charge is 2.41. The molecule has 1 saturated heterocycles. The summed E-state index contributed by atoms with van der Waals surface area (Å²) in [7, 11) is 0. The standard InChI is InChI=1S/C16H26N2O2/c1-5-19-14-8-6-13(7-9-14)16(18-17)15-10(2)11(3)20-12(15)4/h6-12,15-16,18H,5,17H2,1-4H3. The molecule has 0 spiro atoms. The summed E-state index contributed by atoms with van der Waals surface area (Å²) in [5, 5.41) is 0. The molecule has 1 aliphatic rings. The van der Waals surface area contributed by atoms with Crippen molar-refractivity contribution < 1.29 is 9.47 Å². The van der Waals surface area contributed by atoms with Gasteiger partial charge in [-0.25, -0.2) is 0 Å². The lowest BCUT2D eigenvalue weighted by molar-refractivity contribution is 0.0475. The van der Waals surface area contributed by atoms with Crippen LogP contribution in [0.4, 0.5) is 0 Å². The minimum Gasteiger partial charge on any atom is -0.494 e. The van der Waals surface area contributed by atoms with E-state index in [9.17, 15) is 0 Å². The summed E-state index contributed by atoms with van der Waals surface area (Å²) < 4.78 is 11.4. The van der Waals surface area contributed by atoms with Crippen LogP contribution in [0.3, 0.4) is 0 Å². The van der Waals surface area contributed by atoms with E-state index < -0.39 is 0 Å². The maximum Gasteiger partial charge on any atom is 0.119 e. The van der Waals surface area contributed by atoms with Crippen molar-refractivity contribution in [3.63, 3.8) is 0 Å². The van der Waals surface area contributed by atoms with Gasteiger partial charge in [0.1, 0.15) is 5.75 Å². The van der Waals surface area contributed by atoms with Crippen LogP contribution in [-0.2, 0) is 4.74 Å². The zero-order valence-corrected chi connectivity index (χ0v) is 12.8. The largest absolute Gasteiger partial charge is 0.494 e. The Kier molecular flexibility index (Phi) is 5.02. The van der Waals surface area contributed by atoms with Crippen LogP contribution in [0.2, 0.25) is 0 Å². The van der Waals surface area contributed by atoms with Crippen LogP contribution in [-0.4, -0.2) is 18.8 Å². The van der Waals surface area contributed by atoms with E-state index in [-0.39, 0.29) is 18.2 Å². The first-order valence-corrected chi connectivity index (χ1v) is 7.42. The van der Waals surface area contributed by atoms with E-state index in [1.807, 2.05) is 19.1 Å². The zero-order chi connectivity index (χ0) is 14.7. The number of hydrazine groups is 1. The van der Waals surface area contributed by atoms with Gasteiger partial charge in [-0.1, -0.05) is 19.1 Å². The van der Waals surface area contributed by atoms with E-state index in [2.05, 4.69) is 38.3 Å². The molecule has 1 aromatic rings. The molecule has 2 rings (SSSR count). The number of nitrogens with two attached hydrogens (primary N) is 1. The molecule has 1 aliphatic heterocycles. The molecule has 0 bridgehead atoms.